The summed E-state index contributed by atoms with van der Waals surface area (Å²) in [5.41, 5.74) is 3.08. The second-order valence-electron chi connectivity index (χ2n) is 8.62. The SMILES string of the molecule is COc1cccc(CN2CCN(CC(=O)Nc3sc4c(c3C#N)CCC(C)C4)CC2)c1. The summed E-state index contributed by atoms with van der Waals surface area (Å²) >= 11 is 1.59. The van der Waals surface area contributed by atoms with Gasteiger partial charge < -0.3 is 10.1 Å². The largest absolute Gasteiger partial charge is 0.497 e. The third-order valence-corrected chi connectivity index (χ3v) is 7.42. The predicted octanol–water partition coefficient (Wildman–Crippen LogP) is 3.51. The molecule has 1 aromatic heterocycles. The number of hydrogen-bond donors (Lipinski definition) is 1. The van der Waals surface area contributed by atoms with Gasteiger partial charge in [-0.05, 0) is 48.4 Å². The molecule has 0 radical (unpaired) electrons. The van der Waals surface area contributed by atoms with E-state index in [1.807, 2.05) is 12.1 Å². The highest BCUT2D eigenvalue weighted by Crippen LogP contribution is 2.39. The molecule has 164 valence electrons. The molecule has 1 fully saturated rings. The lowest BCUT2D eigenvalue weighted by molar-refractivity contribution is -0.117. The van der Waals surface area contributed by atoms with Gasteiger partial charge in [0.15, 0.2) is 0 Å². The number of nitriles is 1. The number of amides is 1. The van der Waals surface area contributed by atoms with Gasteiger partial charge in [0.25, 0.3) is 0 Å². The number of nitrogens with one attached hydrogen (secondary N) is 1. The summed E-state index contributed by atoms with van der Waals surface area (Å²) in [4.78, 5) is 18.6. The number of hydrogen-bond acceptors (Lipinski definition) is 6. The minimum Gasteiger partial charge on any atom is -0.497 e. The second kappa shape index (κ2) is 9.82. The van der Waals surface area contributed by atoms with E-state index in [1.165, 1.54) is 10.4 Å². The number of anilines is 1. The first-order chi connectivity index (χ1) is 15.1. The molecule has 0 bridgehead atoms. The Balaban J connectivity index is 1.28. The predicted molar refractivity (Wildman–Crippen MR) is 124 cm³/mol. The topological polar surface area (TPSA) is 68.6 Å². The fourth-order valence-electron chi connectivity index (χ4n) is 4.46. The Labute approximate surface area is 188 Å². The zero-order valence-corrected chi connectivity index (χ0v) is 19.1. The van der Waals surface area contributed by atoms with Gasteiger partial charge in [0, 0.05) is 37.6 Å². The van der Waals surface area contributed by atoms with Crippen LogP contribution < -0.4 is 10.1 Å². The van der Waals surface area contributed by atoms with Gasteiger partial charge in [0.1, 0.15) is 16.8 Å². The quantitative estimate of drug-likeness (QED) is 0.748. The van der Waals surface area contributed by atoms with Crippen LogP contribution in [0, 0.1) is 17.2 Å². The Bertz CT molecular complexity index is 972. The Kier molecular flexibility index (Phi) is 6.91. The van der Waals surface area contributed by atoms with E-state index < -0.39 is 0 Å². The average Bonchev–Trinajstić information content (AvgIpc) is 3.10. The van der Waals surface area contributed by atoms with E-state index in [4.69, 9.17) is 4.74 Å². The van der Waals surface area contributed by atoms with Gasteiger partial charge in [-0.2, -0.15) is 5.26 Å². The molecular weight excluding hydrogens is 408 g/mol. The number of piperazine rings is 1. The maximum Gasteiger partial charge on any atom is 0.239 e. The molecule has 31 heavy (non-hydrogen) atoms. The number of nitrogens with zero attached hydrogens (tertiary/aromatic N) is 3. The van der Waals surface area contributed by atoms with Crippen molar-refractivity contribution in [2.75, 3.05) is 45.2 Å². The molecule has 1 N–H and O–H groups in total. The number of methoxy groups -OCH3 is 1. The Morgan fingerprint density at radius 1 is 1.29 bits per heavy atom. The van der Waals surface area contributed by atoms with Gasteiger partial charge in [0.05, 0.1) is 19.2 Å². The van der Waals surface area contributed by atoms with Gasteiger partial charge >= 0.3 is 0 Å². The molecule has 2 aliphatic rings. The van der Waals surface area contributed by atoms with Gasteiger partial charge in [-0.1, -0.05) is 19.1 Å². The van der Waals surface area contributed by atoms with E-state index >= 15 is 0 Å². The lowest BCUT2D eigenvalue weighted by atomic mass is 9.89. The summed E-state index contributed by atoms with van der Waals surface area (Å²) in [6, 6.07) is 10.5. The second-order valence-corrected chi connectivity index (χ2v) is 9.72. The molecule has 1 aliphatic carbocycles. The Hall–Kier alpha value is -2.40. The monoisotopic (exact) mass is 438 g/mol. The molecular formula is C24H30N4O2S. The Morgan fingerprint density at radius 3 is 2.81 bits per heavy atom. The number of fused-ring (bicyclic) bond motifs is 1. The van der Waals surface area contributed by atoms with Crippen LogP contribution in [-0.2, 0) is 24.2 Å². The molecule has 1 atom stereocenters. The van der Waals surface area contributed by atoms with Crippen LogP contribution >= 0.6 is 11.3 Å². The molecule has 0 spiro atoms. The molecule has 2 aromatic rings. The van der Waals surface area contributed by atoms with E-state index in [1.54, 1.807) is 18.4 Å². The first-order valence-electron chi connectivity index (χ1n) is 11.0. The van der Waals surface area contributed by atoms with Crippen LogP contribution in [-0.4, -0.2) is 55.5 Å². The molecule has 7 heteroatoms. The number of carbonyl (C=O) groups is 1. The number of thiophene rings is 1. The standard InChI is InChI=1S/C24H30N4O2S/c1-17-6-7-20-21(14-25)24(31-22(20)12-17)26-23(29)16-28-10-8-27(9-11-28)15-18-4-3-5-19(13-18)30-2/h3-5,13,17H,6-12,15-16H2,1-2H3,(H,26,29). The van der Waals surface area contributed by atoms with Crippen molar-refractivity contribution in [2.24, 2.45) is 5.92 Å². The summed E-state index contributed by atoms with van der Waals surface area (Å²) in [6.45, 7) is 7.10. The van der Waals surface area contributed by atoms with E-state index in [9.17, 15) is 10.1 Å². The number of rotatable bonds is 6. The molecule has 0 saturated carbocycles. The highest BCUT2D eigenvalue weighted by atomic mass is 32.1. The van der Waals surface area contributed by atoms with Crippen LogP contribution in [0.2, 0.25) is 0 Å². The zero-order chi connectivity index (χ0) is 21.8. The van der Waals surface area contributed by atoms with Gasteiger partial charge in [0.2, 0.25) is 5.91 Å². The molecule has 2 heterocycles. The van der Waals surface area contributed by atoms with E-state index in [2.05, 4.69) is 40.2 Å². The van der Waals surface area contributed by atoms with E-state index in [0.717, 1.165) is 68.3 Å². The molecule has 6 nitrogen and oxygen atoms in total. The molecule has 1 saturated heterocycles. The van der Waals surface area contributed by atoms with E-state index in [-0.39, 0.29) is 5.91 Å². The first-order valence-corrected chi connectivity index (χ1v) is 11.8. The minimum absolute atomic E-state index is 0.0237. The number of carbonyl (C=O) groups excluding carboxylic acids is 1. The van der Waals surface area contributed by atoms with Crippen LogP contribution in [0.25, 0.3) is 0 Å². The molecule has 1 aromatic carbocycles. The summed E-state index contributed by atoms with van der Waals surface area (Å²) in [5.74, 6) is 1.51. The lowest BCUT2D eigenvalue weighted by Crippen LogP contribution is -2.48. The molecule has 1 amide bonds. The van der Waals surface area contributed by atoms with Crippen molar-refractivity contribution in [3.63, 3.8) is 0 Å². The highest BCUT2D eigenvalue weighted by molar-refractivity contribution is 7.16. The van der Waals surface area contributed by atoms with Gasteiger partial charge in [-0.3, -0.25) is 14.6 Å². The summed E-state index contributed by atoms with van der Waals surface area (Å²) < 4.78 is 5.31. The summed E-state index contributed by atoms with van der Waals surface area (Å²) in [6.07, 6.45) is 3.08. The van der Waals surface area contributed by atoms with Crippen molar-refractivity contribution in [3.8, 4) is 11.8 Å². The maximum atomic E-state index is 12.7. The van der Waals surface area contributed by atoms with E-state index in [0.29, 0.717) is 18.0 Å². The average molecular weight is 439 g/mol. The van der Waals surface area contributed by atoms with Crippen LogP contribution in [0.15, 0.2) is 24.3 Å². The minimum atomic E-state index is -0.0237. The van der Waals surface area contributed by atoms with Gasteiger partial charge in [-0.25, -0.2) is 0 Å². The van der Waals surface area contributed by atoms with Crippen LogP contribution in [0.1, 0.15) is 34.9 Å². The van der Waals surface area contributed by atoms with Gasteiger partial charge in [-0.15, -0.1) is 11.3 Å². The molecule has 1 aliphatic heterocycles. The van der Waals surface area contributed by atoms with Crippen LogP contribution in [0.4, 0.5) is 5.00 Å². The van der Waals surface area contributed by atoms with Crippen molar-refractivity contribution < 1.29 is 9.53 Å². The van der Waals surface area contributed by atoms with Crippen molar-refractivity contribution in [3.05, 3.63) is 45.8 Å². The Morgan fingerprint density at radius 2 is 2.06 bits per heavy atom. The fraction of sp³-hybridized carbons (Fsp3) is 0.500. The summed E-state index contributed by atoms with van der Waals surface area (Å²) in [7, 11) is 1.69. The first kappa shape index (κ1) is 21.8. The third-order valence-electron chi connectivity index (χ3n) is 6.25. The fourth-order valence-corrected chi connectivity index (χ4v) is 5.84. The maximum absolute atomic E-state index is 12.7. The van der Waals surface area contributed by atoms with Crippen LogP contribution in [0.5, 0.6) is 5.75 Å². The van der Waals surface area contributed by atoms with Crippen molar-refractivity contribution in [1.29, 1.82) is 5.26 Å². The van der Waals surface area contributed by atoms with Crippen molar-refractivity contribution >= 4 is 22.2 Å². The van der Waals surface area contributed by atoms with Crippen molar-refractivity contribution in [1.82, 2.24) is 9.80 Å². The number of benzene rings is 1. The molecule has 1 unspecified atom stereocenters. The van der Waals surface area contributed by atoms with Crippen LogP contribution in [0.3, 0.4) is 0 Å². The van der Waals surface area contributed by atoms with Crippen molar-refractivity contribution in [2.45, 2.75) is 32.7 Å². The third kappa shape index (κ3) is 5.27. The summed E-state index contributed by atoms with van der Waals surface area (Å²) in [5, 5.41) is 13.4. The normalized spacial score (nSPS) is 19.5. The lowest BCUT2D eigenvalue weighted by Gasteiger charge is -2.34. The zero-order valence-electron chi connectivity index (χ0n) is 18.3. The smallest absolute Gasteiger partial charge is 0.239 e. The number of ether oxygens (including phenoxy) is 1. The highest BCUT2D eigenvalue weighted by Gasteiger charge is 2.25. The molecule has 4 rings (SSSR count).